The minimum Gasteiger partial charge on any atom is -0.299 e. The highest BCUT2D eigenvalue weighted by molar-refractivity contribution is 5.83. The first-order chi connectivity index (χ1) is 8.81. The number of unbranched alkanes of at least 4 members (excludes halogenated alkanes) is 1. The first-order valence-electron chi connectivity index (χ1n) is 7.38. The average molecular weight is 244 g/mol. The molecule has 0 amide bonds. The molecule has 1 aliphatic carbocycles. The smallest absolute Gasteiger partial charge is 0.136 e. The predicted octanol–water partition coefficient (Wildman–Crippen LogP) is 4.40. The number of carbonyl (C=O) groups is 1. The van der Waals surface area contributed by atoms with Gasteiger partial charge in [0.1, 0.15) is 5.78 Å². The molecule has 0 saturated heterocycles. The van der Waals surface area contributed by atoms with E-state index in [0.717, 1.165) is 25.7 Å². The molecule has 1 nitrogen and oxygen atoms in total. The number of hydrogen-bond acceptors (Lipinski definition) is 1. The summed E-state index contributed by atoms with van der Waals surface area (Å²) in [6.07, 6.45) is 7.79. The quantitative estimate of drug-likeness (QED) is 0.724. The summed E-state index contributed by atoms with van der Waals surface area (Å²) in [5.74, 6) is 1.54. The summed E-state index contributed by atoms with van der Waals surface area (Å²) in [6.45, 7) is 2.21. The van der Waals surface area contributed by atoms with Gasteiger partial charge in [-0.05, 0) is 37.2 Å². The van der Waals surface area contributed by atoms with Crippen molar-refractivity contribution in [2.24, 2.45) is 11.8 Å². The second kappa shape index (κ2) is 6.72. The minimum absolute atomic E-state index is 0.369. The maximum absolute atomic E-state index is 11.9. The molecular weight excluding hydrogens is 220 g/mol. The summed E-state index contributed by atoms with van der Waals surface area (Å²) in [6, 6.07) is 10.6. The number of Topliss-reactive ketones (excluding diaryl/α,β-unsaturated/α-hetero) is 1. The molecule has 18 heavy (non-hydrogen) atoms. The highest BCUT2D eigenvalue weighted by Crippen LogP contribution is 2.35. The summed E-state index contributed by atoms with van der Waals surface area (Å²) in [4.78, 5) is 11.9. The molecule has 0 aromatic heterocycles. The Hall–Kier alpha value is -1.11. The van der Waals surface area contributed by atoms with E-state index in [-0.39, 0.29) is 0 Å². The second-order valence-electron chi connectivity index (χ2n) is 5.54. The van der Waals surface area contributed by atoms with Gasteiger partial charge in [0.2, 0.25) is 0 Å². The van der Waals surface area contributed by atoms with Crippen LogP contribution in [0.5, 0.6) is 0 Å². The van der Waals surface area contributed by atoms with Gasteiger partial charge in [0.15, 0.2) is 0 Å². The van der Waals surface area contributed by atoms with Crippen LogP contribution in [-0.2, 0) is 11.2 Å². The van der Waals surface area contributed by atoms with Crippen molar-refractivity contribution < 1.29 is 4.79 Å². The number of benzene rings is 1. The third-order valence-corrected chi connectivity index (χ3v) is 4.26. The van der Waals surface area contributed by atoms with Gasteiger partial charge < -0.3 is 0 Å². The van der Waals surface area contributed by atoms with Gasteiger partial charge in [-0.15, -0.1) is 0 Å². The molecule has 1 aromatic carbocycles. The molecule has 2 atom stereocenters. The molecule has 1 aromatic rings. The van der Waals surface area contributed by atoms with Crippen molar-refractivity contribution in [1.29, 1.82) is 0 Å². The van der Waals surface area contributed by atoms with E-state index in [1.54, 1.807) is 0 Å². The topological polar surface area (TPSA) is 17.1 Å². The fraction of sp³-hybridized carbons (Fsp3) is 0.588. The lowest BCUT2D eigenvalue weighted by Gasteiger charge is -2.18. The van der Waals surface area contributed by atoms with Crippen molar-refractivity contribution in [3.05, 3.63) is 35.9 Å². The zero-order valence-electron chi connectivity index (χ0n) is 11.4. The van der Waals surface area contributed by atoms with E-state index in [9.17, 15) is 4.79 Å². The van der Waals surface area contributed by atoms with Crippen molar-refractivity contribution in [2.45, 2.75) is 51.9 Å². The molecule has 0 unspecified atom stereocenters. The van der Waals surface area contributed by atoms with E-state index in [4.69, 9.17) is 0 Å². The third-order valence-electron chi connectivity index (χ3n) is 4.26. The molecule has 98 valence electrons. The lowest BCUT2D eigenvalue weighted by Crippen LogP contribution is -2.15. The predicted molar refractivity (Wildman–Crippen MR) is 75.5 cm³/mol. The molecule has 0 spiro atoms. The van der Waals surface area contributed by atoms with Crippen LogP contribution in [-0.4, -0.2) is 5.78 Å². The first kappa shape index (κ1) is 13.3. The summed E-state index contributed by atoms with van der Waals surface area (Å²) in [5, 5.41) is 0. The Bertz CT molecular complexity index is 368. The minimum atomic E-state index is 0.369. The molecule has 0 radical (unpaired) electrons. The van der Waals surface area contributed by atoms with Gasteiger partial charge in [-0.2, -0.15) is 0 Å². The van der Waals surface area contributed by atoms with E-state index in [0.29, 0.717) is 17.6 Å². The maximum Gasteiger partial charge on any atom is 0.136 e. The highest BCUT2D eigenvalue weighted by atomic mass is 16.1. The fourth-order valence-corrected chi connectivity index (χ4v) is 3.14. The zero-order chi connectivity index (χ0) is 12.8. The highest BCUT2D eigenvalue weighted by Gasteiger charge is 2.33. The molecule has 2 rings (SSSR count). The maximum atomic E-state index is 11.9. The van der Waals surface area contributed by atoms with Gasteiger partial charge in [0.05, 0.1) is 0 Å². The van der Waals surface area contributed by atoms with Crippen LogP contribution in [0.25, 0.3) is 0 Å². The van der Waals surface area contributed by atoms with Crippen LogP contribution in [0.2, 0.25) is 0 Å². The van der Waals surface area contributed by atoms with E-state index in [2.05, 4.69) is 37.3 Å². The third kappa shape index (κ3) is 3.44. The fourth-order valence-electron chi connectivity index (χ4n) is 3.14. The Morgan fingerprint density at radius 3 is 2.67 bits per heavy atom. The van der Waals surface area contributed by atoms with Crippen LogP contribution in [0, 0.1) is 11.8 Å². The number of carbonyl (C=O) groups excluding carboxylic acids is 1. The SMILES string of the molecule is CCCC[C@H]1C(=O)CC[C@@H]1CCc1ccccc1. The molecule has 0 N–H and O–H groups in total. The number of hydrogen-bond donors (Lipinski definition) is 0. The Kier molecular flexibility index (Phi) is 4.98. The Labute approximate surface area is 111 Å². The largest absolute Gasteiger partial charge is 0.299 e. The zero-order valence-corrected chi connectivity index (χ0v) is 11.4. The van der Waals surface area contributed by atoms with Gasteiger partial charge in [0, 0.05) is 12.3 Å². The average Bonchev–Trinajstić information content (AvgIpc) is 2.76. The van der Waals surface area contributed by atoms with E-state index in [1.165, 1.54) is 24.8 Å². The van der Waals surface area contributed by atoms with E-state index in [1.807, 2.05) is 0 Å². The molecule has 1 heteroatoms. The van der Waals surface area contributed by atoms with Gasteiger partial charge in [-0.1, -0.05) is 50.1 Å². The number of rotatable bonds is 6. The van der Waals surface area contributed by atoms with Crippen molar-refractivity contribution in [1.82, 2.24) is 0 Å². The van der Waals surface area contributed by atoms with Gasteiger partial charge in [-0.3, -0.25) is 4.79 Å². The van der Waals surface area contributed by atoms with Gasteiger partial charge in [0.25, 0.3) is 0 Å². The van der Waals surface area contributed by atoms with Crippen molar-refractivity contribution >= 4 is 5.78 Å². The monoisotopic (exact) mass is 244 g/mol. The van der Waals surface area contributed by atoms with E-state index >= 15 is 0 Å². The molecule has 0 bridgehead atoms. The first-order valence-corrected chi connectivity index (χ1v) is 7.38. The Balaban J connectivity index is 1.86. The van der Waals surface area contributed by atoms with Crippen LogP contribution < -0.4 is 0 Å². The molecule has 1 saturated carbocycles. The second-order valence-corrected chi connectivity index (χ2v) is 5.54. The van der Waals surface area contributed by atoms with Gasteiger partial charge in [-0.25, -0.2) is 0 Å². The molecule has 0 aliphatic heterocycles. The number of ketones is 1. The van der Waals surface area contributed by atoms with Crippen LogP contribution >= 0.6 is 0 Å². The molecular formula is C17H24O. The van der Waals surface area contributed by atoms with Crippen LogP contribution in [0.1, 0.15) is 51.0 Å². The normalized spacial score (nSPS) is 23.5. The van der Waals surface area contributed by atoms with Crippen molar-refractivity contribution in [3.8, 4) is 0 Å². The lowest BCUT2D eigenvalue weighted by molar-refractivity contribution is -0.121. The standard InChI is InChI=1S/C17H24O/c1-2-3-9-16-15(12-13-17(16)18)11-10-14-7-5-4-6-8-14/h4-8,15-16H,2-3,9-13H2,1H3/t15-,16+/m0/s1. The molecule has 1 aliphatic rings. The summed E-state index contributed by atoms with van der Waals surface area (Å²) >= 11 is 0. The molecule has 1 fully saturated rings. The Morgan fingerprint density at radius 2 is 1.94 bits per heavy atom. The van der Waals surface area contributed by atoms with Crippen LogP contribution in [0.15, 0.2) is 30.3 Å². The lowest BCUT2D eigenvalue weighted by atomic mass is 9.86. The summed E-state index contributed by atoms with van der Waals surface area (Å²) in [5.41, 5.74) is 1.41. The molecule has 0 heterocycles. The van der Waals surface area contributed by atoms with Crippen molar-refractivity contribution in [3.63, 3.8) is 0 Å². The Morgan fingerprint density at radius 1 is 1.17 bits per heavy atom. The summed E-state index contributed by atoms with van der Waals surface area (Å²) < 4.78 is 0. The summed E-state index contributed by atoms with van der Waals surface area (Å²) in [7, 11) is 0. The van der Waals surface area contributed by atoms with Crippen molar-refractivity contribution in [2.75, 3.05) is 0 Å². The van der Waals surface area contributed by atoms with Crippen LogP contribution in [0.3, 0.4) is 0 Å². The number of aryl methyl sites for hydroxylation is 1. The van der Waals surface area contributed by atoms with E-state index < -0.39 is 0 Å². The van der Waals surface area contributed by atoms with Gasteiger partial charge >= 0.3 is 0 Å². The van der Waals surface area contributed by atoms with Crippen LogP contribution in [0.4, 0.5) is 0 Å².